The van der Waals surface area contributed by atoms with Crippen molar-refractivity contribution in [1.29, 1.82) is 0 Å². The largest absolute Gasteiger partial charge is 0.352 e. The number of carbonyl (C=O) groups excluding carboxylic acids is 1. The van der Waals surface area contributed by atoms with Crippen LogP contribution in [0.2, 0.25) is 0 Å². The number of ketones is 1. The number of nitrogens with zero attached hydrogens (tertiary/aromatic N) is 3. The van der Waals surface area contributed by atoms with E-state index in [1.54, 1.807) is 13.1 Å². The molecule has 0 N–H and O–H groups in total. The Labute approximate surface area is 115 Å². The zero-order valence-electron chi connectivity index (χ0n) is 12.1. The number of Topliss-reactive ketones (excluding diaryl/α,β-unsaturated/α-hetero) is 1. The maximum atomic E-state index is 11.8. The molecule has 1 saturated heterocycles. The predicted molar refractivity (Wildman–Crippen MR) is 77.8 cm³/mol. The van der Waals surface area contributed by atoms with E-state index in [2.05, 4.69) is 28.8 Å². The molecule has 19 heavy (non-hydrogen) atoms. The molecule has 4 heteroatoms. The fraction of sp³-hybridized carbons (Fsp3) is 0.600. The Morgan fingerprint density at radius 3 is 2.95 bits per heavy atom. The van der Waals surface area contributed by atoms with Crippen LogP contribution in [0.3, 0.4) is 0 Å². The van der Waals surface area contributed by atoms with E-state index in [4.69, 9.17) is 0 Å². The fourth-order valence-electron chi connectivity index (χ4n) is 2.77. The van der Waals surface area contributed by atoms with Crippen molar-refractivity contribution in [1.82, 2.24) is 9.88 Å². The molecular weight excluding hydrogens is 238 g/mol. The molecular formula is C15H23N3O. The van der Waals surface area contributed by atoms with Gasteiger partial charge >= 0.3 is 0 Å². The van der Waals surface area contributed by atoms with E-state index in [-0.39, 0.29) is 5.78 Å². The molecule has 0 amide bonds. The lowest BCUT2D eigenvalue weighted by atomic mass is 10.1. The van der Waals surface area contributed by atoms with Crippen molar-refractivity contribution in [3.05, 3.63) is 23.9 Å². The number of aromatic nitrogens is 1. The molecule has 2 rings (SSSR count). The fourth-order valence-corrected chi connectivity index (χ4v) is 2.77. The summed E-state index contributed by atoms with van der Waals surface area (Å²) >= 11 is 0. The maximum absolute atomic E-state index is 11.8. The normalized spacial score (nSPS) is 21.2. The van der Waals surface area contributed by atoms with Crippen molar-refractivity contribution in [2.24, 2.45) is 0 Å². The molecule has 104 valence electrons. The second-order valence-electron chi connectivity index (χ2n) is 5.30. The molecule has 0 radical (unpaired) electrons. The van der Waals surface area contributed by atoms with Crippen LogP contribution in [-0.2, 0) is 0 Å². The van der Waals surface area contributed by atoms with E-state index in [1.165, 1.54) is 0 Å². The molecule has 0 bridgehead atoms. The quantitative estimate of drug-likeness (QED) is 0.782. The van der Waals surface area contributed by atoms with Crippen LogP contribution < -0.4 is 4.90 Å². The monoisotopic (exact) mass is 261 g/mol. The first-order valence-corrected chi connectivity index (χ1v) is 7.04. The Balaban J connectivity index is 2.35. The second kappa shape index (κ2) is 6.15. The van der Waals surface area contributed by atoms with Crippen molar-refractivity contribution in [2.45, 2.75) is 32.7 Å². The third kappa shape index (κ3) is 3.13. The topological polar surface area (TPSA) is 36.4 Å². The second-order valence-corrected chi connectivity index (χ2v) is 5.30. The summed E-state index contributed by atoms with van der Waals surface area (Å²) in [6, 6.07) is 4.15. The number of hydrogen-bond donors (Lipinski definition) is 0. The molecule has 0 aromatic carbocycles. The van der Waals surface area contributed by atoms with Crippen molar-refractivity contribution in [3.8, 4) is 0 Å². The van der Waals surface area contributed by atoms with Crippen LogP contribution in [0.4, 0.5) is 5.82 Å². The van der Waals surface area contributed by atoms with E-state index in [0.29, 0.717) is 6.04 Å². The van der Waals surface area contributed by atoms with Gasteiger partial charge < -0.3 is 9.80 Å². The molecule has 1 aromatic heterocycles. The van der Waals surface area contributed by atoms with Crippen LogP contribution in [0, 0.1) is 0 Å². The van der Waals surface area contributed by atoms with Gasteiger partial charge in [0.15, 0.2) is 5.78 Å². The standard InChI is InChI=1S/C15H23N3O/c1-4-13-11-17(3)9-6-10-18(13)15-14(12(2)19)7-5-8-16-15/h5,7-8,13H,4,6,9-11H2,1-3H3. The van der Waals surface area contributed by atoms with Gasteiger partial charge in [0.1, 0.15) is 5.82 Å². The lowest BCUT2D eigenvalue weighted by molar-refractivity contribution is 0.101. The third-order valence-electron chi connectivity index (χ3n) is 3.81. The lowest BCUT2D eigenvalue weighted by Gasteiger charge is -2.32. The van der Waals surface area contributed by atoms with E-state index in [9.17, 15) is 4.79 Å². The summed E-state index contributed by atoms with van der Waals surface area (Å²) in [7, 11) is 2.16. The van der Waals surface area contributed by atoms with Crippen molar-refractivity contribution < 1.29 is 4.79 Å². The van der Waals surface area contributed by atoms with Gasteiger partial charge in [-0.15, -0.1) is 0 Å². The molecule has 0 spiro atoms. The van der Waals surface area contributed by atoms with Crippen LogP contribution in [0.1, 0.15) is 37.0 Å². The minimum atomic E-state index is 0.0931. The Kier molecular flexibility index (Phi) is 4.53. The van der Waals surface area contributed by atoms with Crippen molar-refractivity contribution in [2.75, 3.05) is 31.6 Å². The van der Waals surface area contributed by atoms with Crippen LogP contribution in [-0.4, -0.2) is 48.4 Å². The van der Waals surface area contributed by atoms with E-state index >= 15 is 0 Å². The molecule has 0 aliphatic carbocycles. The number of hydrogen-bond acceptors (Lipinski definition) is 4. The van der Waals surface area contributed by atoms with Gasteiger partial charge in [0.05, 0.1) is 5.56 Å². The van der Waals surface area contributed by atoms with Gasteiger partial charge in [-0.25, -0.2) is 4.98 Å². The molecule has 1 atom stereocenters. The van der Waals surface area contributed by atoms with Crippen LogP contribution in [0.15, 0.2) is 18.3 Å². The summed E-state index contributed by atoms with van der Waals surface area (Å²) in [4.78, 5) is 20.9. The minimum Gasteiger partial charge on any atom is -0.352 e. The first-order chi connectivity index (χ1) is 9.13. The SMILES string of the molecule is CCC1CN(C)CCCN1c1ncccc1C(C)=O. The molecule has 1 unspecified atom stereocenters. The average molecular weight is 261 g/mol. The Morgan fingerprint density at radius 1 is 1.47 bits per heavy atom. The molecule has 1 aromatic rings. The summed E-state index contributed by atoms with van der Waals surface area (Å²) in [6.45, 7) is 6.93. The highest BCUT2D eigenvalue weighted by Gasteiger charge is 2.25. The first-order valence-electron chi connectivity index (χ1n) is 7.04. The van der Waals surface area contributed by atoms with Gasteiger partial charge in [-0.3, -0.25) is 4.79 Å². The van der Waals surface area contributed by atoms with Crippen molar-refractivity contribution in [3.63, 3.8) is 0 Å². The summed E-state index contributed by atoms with van der Waals surface area (Å²) in [6.07, 6.45) is 3.96. The molecule has 2 heterocycles. The number of rotatable bonds is 3. The predicted octanol–water partition coefficient (Wildman–Crippen LogP) is 2.20. The molecule has 4 nitrogen and oxygen atoms in total. The van der Waals surface area contributed by atoms with Crippen LogP contribution in [0.5, 0.6) is 0 Å². The lowest BCUT2D eigenvalue weighted by Crippen LogP contribution is -2.41. The van der Waals surface area contributed by atoms with Gasteiger partial charge in [-0.1, -0.05) is 6.92 Å². The van der Waals surface area contributed by atoms with Gasteiger partial charge in [0, 0.05) is 25.3 Å². The first kappa shape index (κ1) is 14.0. The molecule has 1 aliphatic rings. The van der Waals surface area contributed by atoms with Gasteiger partial charge in [0.2, 0.25) is 0 Å². The molecule has 1 fully saturated rings. The van der Waals surface area contributed by atoms with E-state index < -0.39 is 0 Å². The van der Waals surface area contributed by atoms with Crippen LogP contribution in [0.25, 0.3) is 0 Å². The van der Waals surface area contributed by atoms with Gasteiger partial charge in [-0.05, 0) is 45.5 Å². The highest BCUT2D eigenvalue weighted by Crippen LogP contribution is 2.23. The molecule has 1 aliphatic heterocycles. The molecule has 0 saturated carbocycles. The third-order valence-corrected chi connectivity index (χ3v) is 3.81. The smallest absolute Gasteiger partial charge is 0.163 e. The van der Waals surface area contributed by atoms with Gasteiger partial charge in [-0.2, -0.15) is 0 Å². The summed E-state index contributed by atoms with van der Waals surface area (Å²) < 4.78 is 0. The number of carbonyl (C=O) groups is 1. The maximum Gasteiger partial charge on any atom is 0.163 e. The van der Waals surface area contributed by atoms with Crippen molar-refractivity contribution >= 4 is 11.6 Å². The number of anilines is 1. The summed E-state index contributed by atoms with van der Waals surface area (Å²) in [5, 5.41) is 0. The average Bonchev–Trinajstić information content (AvgIpc) is 2.60. The zero-order valence-corrected chi connectivity index (χ0v) is 12.1. The minimum absolute atomic E-state index is 0.0931. The highest BCUT2D eigenvalue weighted by molar-refractivity contribution is 5.98. The zero-order chi connectivity index (χ0) is 13.8. The van der Waals surface area contributed by atoms with Gasteiger partial charge in [0.25, 0.3) is 0 Å². The summed E-state index contributed by atoms with van der Waals surface area (Å²) in [5.41, 5.74) is 0.741. The Morgan fingerprint density at radius 2 is 2.26 bits per heavy atom. The number of likely N-dealkylation sites (N-methyl/N-ethyl adjacent to an activating group) is 1. The van der Waals surface area contributed by atoms with E-state index in [0.717, 1.165) is 43.9 Å². The summed E-state index contributed by atoms with van der Waals surface area (Å²) in [5.74, 6) is 0.952. The Bertz CT molecular complexity index is 447. The van der Waals surface area contributed by atoms with E-state index in [1.807, 2.05) is 12.1 Å². The number of pyridine rings is 1. The van der Waals surface area contributed by atoms with Crippen LogP contribution >= 0.6 is 0 Å². The Hall–Kier alpha value is -1.42. The highest BCUT2D eigenvalue weighted by atomic mass is 16.1.